The Morgan fingerprint density at radius 1 is 1.00 bits per heavy atom. The number of hydrogen-bond acceptors (Lipinski definition) is 2. The average molecular weight is 333 g/mol. The lowest BCUT2D eigenvalue weighted by Crippen LogP contribution is -2.57. The average Bonchev–Trinajstić information content (AvgIpc) is 2.81. The fourth-order valence-corrected chi connectivity index (χ4v) is 8.04. The summed E-state index contributed by atoms with van der Waals surface area (Å²) in [6.45, 7) is 9.34. The summed E-state index contributed by atoms with van der Waals surface area (Å²) in [6, 6.07) is 0. The maximum Gasteiger partial charge on any atom is 0.133 e. The van der Waals surface area contributed by atoms with Crippen molar-refractivity contribution in [3.63, 3.8) is 0 Å². The van der Waals surface area contributed by atoms with Crippen molar-refractivity contribution in [3.05, 3.63) is 0 Å². The Morgan fingerprint density at radius 3 is 2.42 bits per heavy atom. The molecule has 0 spiro atoms. The number of Topliss-reactive ketones (excluding diaryl/α,β-unsaturated/α-hetero) is 1. The molecule has 1 N–H and O–H groups in total. The van der Waals surface area contributed by atoms with Crippen molar-refractivity contribution < 1.29 is 9.90 Å². The monoisotopic (exact) mass is 332 g/mol. The fraction of sp³-hybridized carbons (Fsp3) is 0.955. The third-order valence-electron chi connectivity index (χ3n) is 9.65. The van der Waals surface area contributed by atoms with Gasteiger partial charge >= 0.3 is 0 Å². The third kappa shape index (κ3) is 2.01. The Hall–Kier alpha value is -0.370. The molecule has 2 nitrogen and oxygen atoms in total. The molecule has 0 bridgehead atoms. The minimum absolute atomic E-state index is 0.107. The van der Waals surface area contributed by atoms with E-state index in [0.717, 1.165) is 37.5 Å². The van der Waals surface area contributed by atoms with E-state index in [2.05, 4.69) is 27.7 Å². The van der Waals surface area contributed by atoms with Gasteiger partial charge in [-0.1, -0.05) is 27.7 Å². The predicted octanol–water partition coefficient (Wildman–Crippen LogP) is 4.99. The molecule has 0 aliphatic heterocycles. The van der Waals surface area contributed by atoms with Gasteiger partial charge in [-0.05, 0) is 85.4 Å². The molecule has 0 aromatic carbocycles. The molecule has 24 heavy (non-hydrogen) atoms. The highest BCUT2D eigenvalue weighted by atomic mass is 16.3. The van der Waals surface area contributed by atoms with Crippen LogP contribution in [0.25, 0.3) is 0 Å². The van der Waals surface area contributed by atoms with Crippen LogP contribution in [0.15, 0.2) is 0 Å². The molecule has 0 heterocycles. The van der Waals surface area contributed by atoms with E-state index in [1.807, 2.05) is 0 Å². The number of carbonyl (C=O) groups excluding carboxylic acids is 1. The summed E-state index contributed by atoms with van der Waals surface area (Å²) >= 11 is 0. The highest BCUT2D eigenvalue weighted by Gasteiger charge is 2.65. The summed E-state index contributed by atoms with van der Waals surface area (Å²) < 4.78 is 0. The van der Waals surface area contributed by atoms with Gasteiger partial charge in [0.15, 0.2) is 0 Å². The van der Waals surface area contributed by atoms with Gasteiger partial charge in [0.05, 0.1) is 5.60 Å². The molecular weight excluding hydrogens is 296 g/mol. The lowest BCUT2D eigenvalue weighted by Gasteiger charge is -2.61. The molecule has 0 aromatic rings. The van der Waals surface area contributed by atoms with Crippen molar-refractivity contribution in [3.8, 4) is 0 Å². The van der Waals surface area contributed by atoms with E-state index >= 15 is 0 Å². The molecule has 4 fully saturated rings. The number of rotatable bonds is 1. The van der Waals surface area contributed by atoms with Gasteiger partial charge in [-0.25, -0.2) is 0 Å². The van der Waals surface area contributed by atoms with Crippen LogP contribution in [0.2, 0.25) is 0 Å². The van der Waals surface area contributed by atoms with E-state index in [4.69, 9.17) is 0 Å². The molecule has 0 amide bonds. The SMILES string of the molecule is CC(C)[C@]1(O)CC[C@H]2[C@@H]3CC[C@H]4CC(=O)CC[C@]4(C)[C@H]3CC[C@@]21C. The number of carbonyl (C=O) groups is 1. The zero-order valence-corrected chi connectivity index (χ0v) is 16.1. The predicted molar refractivity (Wildman–Crippen MR) is 96.5 cm³/mol. The van der Waals surface area contributed by atoms with Crippen LogP contribution >= 0.6 is 0 Å². The maximum absolute atomic E-state index is 12.0. The fourth-order valence-electron chi connectivity index (χ4n) is 8.04. The van der Waals surface area contributed by atoms with Gasteiger partial charge in [0.1, 0.15) is 5.78 Å². The number of ketones is 1. The number of hydrogen-bond donors (Lipinski definition) is 1. The smallest absolute Gasteiger partial charge is 0.133 e. The van der Waals surface area contributed by atoms with Crippen molar-refractivity contribution in [1.29, 1.82) is 0 Å². The molecule has 4 rings (SSSR count). The lowest BCUT2D eigenvalue weighted by molar-refractivity contribution is -0.167. The number of aliphatic hydroxyl groups is 1. The first kappa shape index (κ1) is 17.1. The largest absolute Gasteiger partial charge is 0.389 e. The van der Waals surface area contributed by atoms with E-state index in [9.17, 15) is 9.90 Å². The van der Waals surface area contributed by atoms with Crippen molar-refractivity contribution in [2.45, 2.75) is 91.1 Å². The van der Waals surface area contributed by atoms with Gasteiger partial charge in [-0.3, -0.25) is 4.79 Å². The van der Waals surface area contributed by atoms with Crippen molar-refractivity contribution in [2.75, 3.05) is 0 Å². The zero-order valence-electron chi connectivity index (χ0n) is 16.1. The van der Waals surface area contributed by atoms with E-state index in [0.29, 0.717) is 29.0 Å². The second-order valence-corrected chi connectivity index (χ2v) is 10.5. The molecule has 0 saturated heterocycles. The molecular formula is C22H36O2. The highest BCUT2D eigenvalue weighted by Crippen LogP contribution is 2.68. The first-order chi connectivity index (χ1) is 11.2. The van der Waals surface area contributed by atoms with Crippen LogP contribution in [0.3, 0.4) is 0 Å². The normalized spacial score (nSPS) is 54.3. The number of fused-ring (bicyclic) bond motifs is 5. The van der Waals surface area contributed by atoms with Gasteiger partial charge in [0.25, 0.3) is 0 Å². The maximum atomic E-state index is 12.0. The second-order valence-electron chi connectivity index (χ2n) is 10.5. The first-order valence-electron chi connectivity index (χ1n) is 10.5. The van der Waals surface area contributed by atoms with Crippen LogP contribution in [0.4, 0.5) is 0 Å². The van der Waals surface area contributed by atoms with E-state index in [-0.39, 0.29) is 5.41 Å². The molecule has 136 valence electrons. The summed E-state index contributed by atoms with van der Waals surface area (Å²) in [5, 5.41) is 11.5. The highest BCUT2D eigenvalue weighted by molar-refractivity contribution is 5.79. The van der Waals surface area contributed by atoms with Gasteiger partial charge < -0.3 is 5.11 Å². The summed E-state index contributed by atoms with van der Waals surface area (Å²) in [5.41, 5.74) is 0.0234. The van der Waals surface area contributed by atoms with E-state index in [1.54, 1.807) is 0 Å². The van der Waals surface area contributed by atoms with Crippen molar-refractivity contribution in [1.82, 2.24) is 0 Å². The topological polar surface area (TPSA) is 37.3 Å². The minimum atomic E-state index is -0.469. The van der Waals surface area contributed by atoms with Gasteiger partial charge in [0.2, 0.25) is 0 Å². The summed E-state index contributed by atoms with van der Waals surface area (Å²) in [5.74, 6) is 3.76. The Morgan fingerprint density at radius 2 is 1.71 bits per heavy atom. The summed E-state index contributed by atoms with van der Waals surface area (Å²) in [4.78, 5) is 12.0. The van der Waals surface area contributed by atoms with Crippen molar-refractivity contribution in [2.24, 2.45) is 40.4 Å². The van der Waals surface area contributed by atoms with Crippen LogP contribution in [0.1, 0.15) is 85.5 Å². The van der Waals surface area contributed by atoms with E-state index in [1.165, 1.54) is 32.1 Å². The quantitative estimate of drug-likeness (QED) is 0.735. The Kier molecular flexibility index (Phi) is 3.78. The molecule has 4 aliphatic rings. The zero-order chi connectivity index (χ0) is 17.3. The van der Waals surface area contributed by atoms with Crippen LogP contribution in [-0.4, -0.2) is 16.5 Å². The molecule has 0 radical (unpaired) electrons. The Bertz CT molecular complexity index is 540. The van der Waals surface area contributed by atoms with Gasteiger partial charge in [-0.15, -0.1) is 0 Å². The molecule has 0 aromatic heterocycles. The molecule has 4 aliphatic carbocycles. The molecule has 0 unspecified atom stereocenters. The second kappa shape index (κ2) is 5.32. The van der Waals surface area contributed by atoms with Crippen LogP contribution in [0.5, 0.6) is 0 Å². The first-order valence-corrected chi connectivity index (χ1v) is 10.5. The third-order valence-corrected chi connectivity index (χ3v) is 9.65. The standard InChI is InChI=1S/C22H36O2/c1-14(2)22(24)12-9-19-17-6-5-15-13-16(23)7-10-20(15,3)18(17)8-11-21(19,22)4/h14-15,17-19,24H,5-13H2,1-4H3/t15-,17+,18-,19-,20-,21-,22+/m0/s1. The van der Waals surface area contributed by atoms with Gasteiger partial charge in [0, 0.05) is 12.8 Å². The van der Waals surface area contributed by atoms with Crippen molar-refractivity contribution >= 4 is 5.78 Å². The Balaban J connectivity index is 1.64. The van der Waals surface area contributed by atoms with Crippen LogP contribution in [0, 0.1) is 40.4 Å². The summed E-state index contributed by atoms with van der Waals surface area (Å²) in [7, 11) is 0. The van der Waals surface area contributed by atoms with Crippen LogP contribution < -0.4 is 0 Å². The van der Waals surface area contributed by atoms with Crippen LogP contribution in [-0.2, 0) is 4.79 Å². The molecule has 4 saturated carbocycles. The van der Waals surface area contributed by atoms with E-state index < -0.39 is 5.60 Å². The Labute approximate surface area is 147 Å². The lowest BCUT2D eigenvalue weighted by atomic mass is 9.44. The van der Waals surface area contributed by atoms with Gasteiger partial charge in [-0.2, -0.15) is 0 Å². The summed E-state index contributed by atoms with van der Waals surface area (Å²) in [6.07, 6.45) is 9.99. The molecule has 2 heteroatoms. The molecule has 7 atom stereocenters. The minimum Gasteiger partial charge on any atom is -0.389 e.